The van der Waals surface area contributed by atoms with Gasteiger partial charge in [-0.2, -0.15) is 4.31 Å². The average molecular weight is 473 g/mol. The zero-order valence-corrected chi connectivity index (χ0v) is 19.2. The zero-order valence-electron chi connectivity index (χ0n) is 18.4. The molecule has 0 bridgehead atoms. The maximum atomic E-state index is 13.1. The second-order valence-corrected chi connectivity index (χ2v) is 9.86. The van der Waals surface area contributed by atoms with Crippen LogP contribution in [0, 0.1) is 6.92 Å². The lowest BCUT2D eigenvalue weighted by Gasteiger charge is -2.33. The van der Waals surface area contributed by atoms with E-state index in [-0.39, 0.29) is 42.7 Å². The van der Waals surface area contributed by atoms with Crippen LogP contribution in [0.4, 0.5) is 0 Å². The molecule has 0 N–H and O–H groups in total. The summed E-state index contributed by atoms with van der Waals surface area (Å²) in [5, 5.41) is 0.817. The minimum Gasteiger partial charge on any atom is -0.497 e. The monoisotopic (exact) mass is 472 g/mol. The van der Waals surface area contributed by atoms with Gasteiger partial charge in [0, 0.05) is 43.2 Å². The smallest absolute Gasteiger partial charge is 0.289 e. The summed E-state index contributed by atoms with van der Waals surface area (Å²) in [6.45, 7) is 3.57. The molecule has 0 atom stereocenters. The Balaban J connectivity index is 1.31. The van der Waals surface area contributed by atoms with Gasteiger partial charge in [-0.05, 0) is 37.3 Å². The van der Waals surface area contributed by atoms with Gasteiger partial charge in [0.2, 0.25) is 10.0 Å². The highest BCUT2D eigenvalue weighted by molar-refractivity contribution is 7.89. The zero-order chi connectivity index (χ0) is 23.2. The number of ether oxygens (including phenoxy) is 3. The van der Waals surface area contributed by atoms with E-state index in [0.717, 1.165) is 10.9 Å². The molecule has 2 aromatic carbocycles. The predicted molar refractivity (Wildman–Crippen MR) is 120 cm³/mol. The van der Waals surface area contributed by atoms with Gasteiger partial charge in [-0.3, -0.25) is 4.79 Å². The molecule has 9 nitrogen and oxygen atoms in total. The number of nitrogens with zero attached hydrogens (tertiary/aromatic N) is 2. The molecule has 3 heterocycles. The van der Waals surface area contributed by atoms with Crippen molar-refractivity contribution in [1.29, 1.82) is 0 Å². The number of carbonyl (C=O) groups is 1. The number of hydrogen-bond acceptors (Lipinski definition) is 7. The van der Waals surface area contributed by atoms with Gasteiger partial charge in [0.25, 0.3) is 5.91 Å². The summed E-state index contributed by atoms with van der Waals surface area (Å²) in [5.74, 6) is 1.66. The number of furan rings is 1. The van der Waals surface area contributed by atoms with Crippen LogP contribution in [-0.4, -0.2) is 70.0 Å². The lowest BCUT2D eigenvalue weighted by molar-refractivity contribution is 0.0667. The van der Waals surface area contributed by atoms with Crippen LogP contribution in [0.1, 0.15) is 16.1 Å². The van der Waals surface area contributed by atoms with E-state index in [2.05, 4.69) is 0 Å². The maximum absolute atomic E-state index is 13.1. The Morgan fingerprint density at radius 1 is 0.970 bits per heavy atom. The normalized spacial score (nSPS) is 16.7. The number of amides is 1. The molecule has 1 amide bonds. The van der Waals surface area contributed by atoms with Gasteiger partial charge in [0.1, 0.15) is 24.5 Å². The number of methoxy groups -OCH3 is 1. The van der Waals surface area contributed by atoms with Crippen molar-refractivity contribution in [3.8, 4) is 17.2 Å². The Kier molecular flexibility index (Phi) is 5.41. The highest BCUT2D eigenvalue weighted by Crippen LogP contribution is 2.34. The van der Waals surface area contributed by atoms with E-state index >= 15 is 0 Å². The van der Waals surface area contributed by atoms with Gasteiger partial charge in [-0.1, -0.05) is 0 Å². The van der Waals surface area contributed by atoms with E-state index in [1.165, 1.54) is 16.4 Å². The van der Waals surface area contributed by atoms with Crippen LogP contribution in [0.15, 0.2) is 45.7 Å². The maximum Gasteiger partial charge on any atom is 0.289 e. The predicted octanol–water partition coefficient (Wildman–Crippen LogP) is 2.67. The van der Waals surface area contributed by atoms with E-state index in [9.17, 15) is 13.2 Å². The van der Waals surface area contributed by atoms with Crippen LogP contribution in [0.2, 0.25) is 0 Å². The summed E-state index contributed by atoms with van der Waals surface area (Å²) in [4.78, 5) is 14.9. The average Bonchev–Trinajstić information content (AvgIpc) is 3.18. The van der Waals surface area contributed by atoms with Crippen molar-refractivity contribution in [3.05, 3.63) is 47.7 Å². The van der Waals surface area contributed by atoms with E-state index in [1.54, 1.807) is 30.2 Å². The van der Waals surface area contributed by atoms with E-state index < -0.39 is 10.0 Å². The molecule has 1 saturated heterocycles. The Bertz CT molecular complexity index is 1320. The Labute approximate surface area is 191 Å². The van der Waals surface area contributed by atoms with Crippen LogP contribution >= 0.6 is 0 Å². The molecule has 1 fully saturated rings. The molecule has 0 aliphatic carbocycles. The van der Waals surface area contributed by atoms with Crippen LogP contribution in [0.25, 0.3) is 11.0 Å². The molecular weight excluding hydrogens is 448 g/mol. The lowest BCUT2D eigenvalue weighted by atomic mass is 10.1. The molecular formula is C23H24N2O7S. The largest absolute Gasteiger partial charge is 0.497 e. The second-order valence-electron chi connectivity index (χ2n) is 7.92. The summed E-state index contributed by atoms with van der Waals surface area (Å²) in [5.41, 5.74) is 1.34. The van der Waals surface area contributed by atoms with Crippen LogP contribution in [0.5, 0.6) is 17.2 Å². The van der Waals surface area contributed by atoms with Gasteiger partial charge in [0.05, 0.1) is 12.0 Å². The number of aryl methyl sites for hydroxylation is 1. The second kappa shape index (κ2) is 8.27. The third kappa shape index (κ3) is 3.79. The fourth-order valence-corrected chi connectivity index (χ4v) is 5.58. The number of piperazine rings is 1. The minimum absolute atomic E-state index is 0.147. The van der Waals surface area contributed by atoms with Crippen molar-refractivity contribution < 1.29 is 31.8 Å². The third-order valence-electron chi connectivity index (χ3n) is 6.01. The molecule has 0 radical (unpaired) electrons. The fraction of sp³-hybridized carbons (Fsp3) is 0.348. The first kappa shape index (κ1) is 21.6. The van der Waals surface area contributed by atoms with E-state index in [0.29, 0.717) is 36.0 Å². The van der Waals surface area contributed by atoms with Crippen molar-refractivity contribution in [1.82, 2.24) is 9.21 Å². The molecule has 174 valence electrons. The van der Waals surface area contributed by atoms with Crippen LogP contribution in [0.3, 0.4) is 0 Å². The first-order valence-corrected chi connectivity index (χ1v) is 12.1. The molecule has 2 aliphatic rings. The standard InChI is InChI=1S/C23H24N2O7S/c1-15-18-13-16(29-2)3-5-19(18)32-22(15)23(26)24-7-9-25(10-8-24)33(27,28)17-4-6-20-21(14-17)31-12-11-30-20/h3-6,13-14H,7-12H2,1-2H3. The Morgan fingerprint density at radius 2 is 1.70 bits per heavy atom. The SMILES string of the molecule is COc1ccc2oc(C(=O)N3CCN(S(=O)(=O)c4ccc5c(c4)OCCO5)CC3)c(C)c2c1. The fourth-order valence-electron chi connectivity index (χ4n) is 4.14. The summed E-state index contributed by atoms with van der Waals surface area (Å²) >= 11 is 0. The molecule has 5 rings (SSSR count). The molecule has 1 aromatic heterocycles. The minimum atomic E-state index is -3.72. The van der Waals surface area contributed by atoms with Gasteiger partial charge >= 0.3 is 0 Å². The van der Waals surface area contributed by atoms with Crippen molar-refractivity contribution in [2.24, 2.45) is 0 Å². The highest BCUT2D eigenvalue weighted by Gasteiger charge is 2.33. The topological polar surface area (TPSA) is 98.5 Å². The van der Waals surface area contributed by atoms with Crippen LogP contribution < -0.4 is 14.2 Å². The number of carbonyl (C=O) groups excluding carboxylic acids is 1. The van der Waals surface area contributed by atoms with Crippen molar-refractivity contribution in [3.63, 3.8) is 0 Å². The first-order valence-electron chi connectivity index (χ1n) is 10.6. The van der Waals surface area contributed by atoms with Gasteiger partial charge in [-0.15, -0.1) is 0 Å². The van der Waals surface area contributed by atoms with Crippen molar-refractivity contribution in [2.45, 2.75) is 11.8 Å². The summed E-state index contributed by atoms with van der Waals surface area (Å²) in [6, 6.07) is 10.0. The first-order chi connectivity index (χ1) is 15.9. The van der Waals surface area contributed by atoms with Crippen LogP contribution in [-0.2, 0) is 10.0 Å². The number of fused-ring (bicyclic) bond motifs is 2. The highest BCUT2D eigenvalue weighted by atomic mass is 32.2. The number of rotatable bonds is 4. The number of sulfonamides is 1. The third-order valence-corrected chi connectivity index (χ3v) is 7.91. The quantitative estimate of drug-likeness (QED) is 0.576. The molecule has 3 aromatic rings. The Hall–Kier alpha value is -3.24. The van der Waals surface area contributed by atoms with Gasteiger partial charge < -0.3 is 23.5 Å². The van der Waals surface area contributed by atoms with E-state index in [4.69, 9.17) is 18.6 Å². The summed E-state index contributed by atoms with van der Waals surface area (Å²) in [6.07, 6.45) is 0. The summed E-state index contributed by atoms with van der Waals surface area (Å²) < 4.78 is 49.8. The van der Waals surface area contributed by atoms with Crippen molar-refractivity contribution in [2.75, 3.05) is 46.5 Å². The molecule has 10 heteroatoms. The Morgan fingerprint density at radius 3 is 2.42 bits per heavy atom. The van der Waals surface area contributed by atoms with Gasteiger partial charge in [0.15, 0.2) is 17.3 Å². The molecule has 33 heavy (non-hydrogen) atoms. The number of benzene rings is 2. The molecule has 0 spiro atoms. The number of hydrogen-bond donors (Lipinski definition) is 0. The molecule has 0 unspecified atom stereocenters. The van der Waals surface area contributed by atoms with Gasteiger partial charge in [-0.25, -0.2) is 8.42 Å². The lowest BCUT2D eigenvalue weighted by Crippen LogP contribution is -2.50. The molecule has 2 aliphatic heterocycles. The summed E-state index contributed by atoms with van der Waals surface area (Å²) in [7, 11) is -2.14. The van der Waals surface area contributed by atoms with Crippen molar-refractivity contribution >= 4 is 26.9 Å². The molecule has 0 saturated carbocycles. The van der Waals surface area contributed by atoms with E-state index in [1.807, 2.05) is 13.0 Å².